The third-order valence-corrected chi connectivity index (χ3v) is 3.35. The Morgan fingerprint density at radius 1 is 1.42 bits per heavy atom. The molecule has 4 nitrogen and oxygen atoms in total. The topological polar surface area (TPSA) is 46.6 Å². The average Bonchev–Trinajstić information content (AvgIpc) is 2.79. The molecule has 1 aromatic rings. The number of benzene rings is 1. The lowest BCUT2D eigenvalue weighted by Crippen LogP contribution is -2.27. The normalized spacial score (nSPS) is 13.7. The number of halogens is 1. The van der Waals surface area contributed by atoms with Crippen LogP contribution in [0, 0.1) is 0 Å². The Morgan fingerprint density at radius 3 is 2.95 bits per heavy atom. The number of carbonyl (C=O) groups excluding carboxylic acids is 2. The summed E-state index contributed by atoms with van der Waals surface area (Å²) >= 11 is 3.39. The first-order valence-electron chi connectivity index (χ1n) is 6.06. The van der Waals surface area contributed by atoms with Gasteiger partial charge in [0.1, 0.15) is 0 Å². The van der Waals surface area contributed by atoms with Crippen molar-refractivity contribution in [3.8, 4) is 0 Å². The van der Waals surface area contributed by atoms with E-state index in [4.69, 9.17) is 4.74 Å². The Labute approximate surface area is 120 Å². The summed E-state index contributed by atoms with van der Waals surface area (Å²) in [6.07, 6.45) is 3.26. The number of hydrogen-bond donors (Lipinski definition) is 0. The van der Waals surface area contributed by atoms with Gasteiger partial charge < -0.3 is 9.64 Å². The van der Waals surface area contributed by atoms with E-state index in [2.05, 4.69) is 15.9 Å². The fourth-order valence-corrected chi connectivity index (χ4v) is 2.35. The molecule has 19 heavy (non-hydrogen) atoms. The van der Waals surface area contributed by atoms with E-state index in [0.717, 1.165) is 22.1 Å². The minimum Gasteiger partial charge on any atom is -0.463 e. The van der Waals surface area contributed by atoms with Crippen LogP contribution in [0.5, 0.6) is 0 Å². The fraction of sp³-hybridized carbons (Fsp3) is 0.286. The van der Waals surface area contributed by atoms with Crippen molar-refractivity contribution in [1.29, 1.82) is 0 Å². The molecule has 0 unspecified atom stereocenters. The number of ether oxygens (including phenoxy) is 1. The molecule has 0 radical (unpaired) electrons. The maximum Gasteiger partial charge on any atom is 0.330 e. The highest BCUT2D eigenvalue weighted by Gasteiger charge is 2.23. The van der Waals surface area contributed by atoms with Crippen LogP contribution < -0.4 is 4.90 Å². The van der Waals surface area contributed by atoms with Gasteiger partial charge in [0, 0.05) is 28.9 Å². The van der Waals surface area contributed by atoms with Crippen LogP contribution in [-0.4, -0.2) is 25.0 Å². The van der Waals surface area contributed by atoms with E-state index < -0.39 is 5.97 Å². The molecule has 0 N–H and O–H groups in total. The van der Waals surface area contributed by atoms with Gasteiger partial charge in [-0.15, -0.1) is 0 Å². The van der Waals surface area contributed by atoms with Crippen LogP contribution in [-0.2, 0) is 20.7 Å². The Kier molecular flexibility index (Phi) is 4.37. The molecule has 1 aromatic carbocycles. The molecule has 5 heteroatoms. The maximum atomic E-state index is 12.0. The quantitative estimate of drug-likeness (QED) is 0.634. The molecule has 0 saturated carbocycles. The Balaban J connectivity index is 2.11. The zero-order chi connectivity index (χ0) is 13.8. The Hall–Kier alpha value is -1.62. The van der Waals surface area contributed by atoms with Crippen LogP contribution in [0.15, 0.2) is 34.8 Å². The third kappa shape index (κ3) is 3.23. The summed E-state index contributed by atoms with van der Waals surface area (Å²) in [5.74, 6) is -0.700. The van der Waals surface area contributed by atoms with Crippen molar-refractivity contribution >= 4 is 33.5 Å². The number of anilines is 1. The first kappa shape index (κ1) is 13.8. The van der Waals surface area contributed by atoms with Gasteiger partial charge in [0.2, 0.25) is 0 Å². The molecule has 1 aliphatic heterocycles. The van der Waals surface area contributed by atoms with Crippen LogP contribution in [0.2, 0.25) is 0 Å². The summed E-state index contributed by atoms with van der Waals surface area (Å²) in [6.45, 7) is 2.66. The van der Waals surface area contributed by atoms with Gasteiger partial charge in [-0.25, -0.2) is 4.79 Å². The molecule has 1 amide bonds. The maximum absolute atomic E-state index is 12.0. The standard InChI is InChI=1S/C14H14BrNO3/c1-2-19-14(18)6-5-13(17)16-8-7-10-3-4-11(15)9-12(10)16/h3-6,9H,2,7-8H2,1H3/b6-5+. The molecular formula is C14H14BrNO3. The SMILES string of the molecule is CCOC(=O)/C=C/C(=O)N1CCc2ccc(Br)cc21. The second-order valence-corrected chi connectivity index (χ2v) is 5.01. The molecule has 0 aromatic heterocycles. The number of amides is 1. The van der Waals surface area contributed by atoms with Gasteiger partial charge in [0.25, 0.3) is 5.91 Å². The first-order valence-corrected chi connectivity index (χ1v) is 6.86. The zero-order valence-electron chi connectivity index (χ0n) is 10.6. The predicted octanol–water partition coefficient (Wildman–Crippen LogP) is 2.46. The van der Waals surface area contributed by atoms with E-state index in [-0.39, 0.29) is 5.91 Å². The molecule has 0 bridgehead atoms. The molecule has 2 rings (SSSR count). The van der Waals surface area contributed by atoms with E-state index in [1.807, 2.05) is 18.2 Å². The summed E-state index contributed by atoms with van der Waals surface area (Å²) in [7, 11) is 0. The van der Waals surface area contributed by atoms with Crippen molar-refractivity contribution in [2.24, 2.45) is 0 Å². The third-order valence-electron chi connectivity index (χ3n) is 2.86. The molecule has 0 saturated heterocycles. The largest absolute Gasteiger partial charge is 0.463 e. The molecular weight excluding hydrogens is 310 g/mol. The number of hydrogen-bond acceptors (Lipinski definition) is 3. The van der Waals surface area contributed by atoms with Crippen LogP contribution in [0.25, 0.3) is 0 Å². The van der Waals surface area contributed by atoms with Crippen molar-refractivity contribution in [2.45, 2.75) is 13.3 Å². The lowest BCUT2D eigenvalue weighted by Gasteiger charge is -2.15. The molecule has 0 atom stereocenters. The van der Waals surface area contributed by atoms with Crippen molar-refractivity contribution in [1.82, 2.24) is 0 Å². The Morgan fingerprint density at radius 2 is 2.21 bits per heavy atom. The molecule has 1 heterocycles. The summed E-state index contributed by atoms with van der Waals surface area (Å²) < 4.78 is 5.67. The van der Waals surface area contributed by atoms with Gasteiger partial charge in [0.15, 0.2) is 0 Å². The van der Waals surface area contributed by atoms with E-state index in [1.54, 1.807) is 11.8 Å². The number of rotatable bonds is 3. The molecule has 100 valence electrons. The first-order chi connectivity index (χ1) is 9.11. The number of fused-ring (bicyclic) bond motifs is 1. The minimum atomic E-state index is -0.496. The van der Waals surface area contributed by atoms with Gasteiger partial charge in [-0.2, -0.15) is 0 Å². The van der Waals surface area contributed by atoms with Crippen LogP contribution in [0.4, 0.5) is 5.69 Å². The molecule has 0 spiro atoms. The number of esters is 1. The highest BCUT2D eigenvalue weighted by atomic mass is 79.9. The van der Waals surface area contributed by atoms with Crippen molar-refractivity contribution in [3.05, 3.63) is 40.4 Å². The average molecular weight is 324 g/mol. The smallest absolute Gasteiger partial charge is 0.330 e. The number of carbonyl (C=O) groups is 2. The van der Waals surface area contributed by atoms with E-state index >= 15 is 0 Å². The lowest BCUT2D eigenvalue weighted by molar-refractivity contribution is -0.137. The summed E-state index contributed by atoms with van der Waals surface area (Å²) in [5, 5.41) is 0. The summed E-state index contributed by atoms with van der Waals surface area (Å²) in [5.41, 5.74) is 2.04. The van der Waals surface area contributed by atoms with Crippen LogP contribution >= 0.6 is 15.9 Å². The molecule has 0 aliphatic carbocycles. The van der Waals surface area contributed by atoms with Gasteiger partial charge in [-0.3, -0.25) is 4.79 Å². The predicted molar refractivity (Wildman–Crippen MR) is 76.0 cm³/mol. The fourth-order valence-electron chi connectivity index (χ4n) is 2.00. The van der Waals surface area contributed by atoms with Gasteiger partial charge in [0.05, 0.1) is 6.61 Å². The van der Waals surface area contributed by atoms with Gasteiger partial charge in [-0.1, -0.05) is 22.0 Å². The van der Waals surface area contributed by atoms with Gasteiger partial charge in [-0.05, 0) is 31.0 Å². The lowest BCUT2D eigenvalue weighted by atomic mass is 10.2. The molecule has 0 fully saturated rings. The molecule has 1 aliphatic rings. The summed E-state index contributed by atoms with van der Waals surface area (Å²) in [6, 6.07) is 5.88. The highest BCUT2D eigenvalue weighted by molar-refractivity contribution is 9.10. The van der Waals surface area contributed by atoms with E-state index in [0.29, 0.717) is 13.2 Å². The van der Waals surface area contributed by atoms with Crippen molar-refractivity contribution < 1.29 is 14.3 Å². The zero-order valence-corrected chi connectivity index (χ0v) is 12.1. The summed E-state index contributed by atoms with van der Waals surface area (Å²) in [4.78, 5) is 24.9. The van der Waals surface area contributed by atoms with E-state index in [1.165, 1.54) is 12.2 Å². The van der Waals surface area contributed by atoms with Crippen molar-refractivity contribution in [3.63, 3.8) is 0 Å². The number of nitrogens with zero attached hydrogens (tertiary/aromatic N) is 1. The highest BCUT2D eigenvalue weighted by Crippen LogP contribution is 2.30. The second kappa shape index (κ2) is 6.02. The Bertz CT molecular complexity index is 539. The monoisotopic (exact) mass is 323 g/mol. The van der Waals surface area contributed by atoms with E-state index in [9.17, 15) is 9.59 Å². The van der Waals surface area contributed by atoms with Crippen LogP contribution in [0.3, 0.4) is 0 Å². The van der Waals surface area contributed by atoms with Crippen molar-refractivity contribution in [2.75, 3.05) is 18.1 Å². The second-order valence-electron chi connectivity index (χ2n) is 4.10. The minimum absolute atomic E-state index is 0.204. The van der Waals surface area contributed by atoms with Gasteiger partial charge >= 0.3 is 5.97 Å². The van der Waals surface area contributed by atoms with Crippen LogP contribution in [0.1, 0.15) is 12.5 Å².